The molecule has 2 N–H and O–H groups in total. The second-order valence-corrected chi connectivity index (χ2v) is 4.48. The van der Waals surface area contributed by atoms with Gasteiger partial charge < -0.3 is 20.1 Å². The maximum Gasteiger partial charge on any atom is 0.317 e. The number of benzene rings is 1. The number of urea groups is 1. The first-order chi connectivity index (χ1) is 9.50. The smallest absolute Gasteiger partial charge is 0.317 e. The number of hydrogen-bond acceptors (Lipinski definition) is 3. The van der Waals surface area contributed by atoms with Gasteiger partial charge in [-0.2, -0.15) is 0 Å². The van der Waals surface area contributed by atoms with Gasteiger partial charge in [-0.15, -0.1) is 0 Å². The monoisotopic (exact) mass is 300 g/mol. The molecule has 0 aliphatic heterocycles. The molecule has 7 heteroatoms. The van der Waals surface area contributed by atoms with E-state index in [0.29, 0.717) is 23.9 Å². The average molecular weight is 301 g/mol. The Hall–Kier alpha value is -1.95. The number of rotatable bonds is 7. The molecule has 0 fully saturated rings. The lowest BCUT2D eigenvalue weighted by atomic mass is 10.3. The normalized spacial score (nSPS) is 9.90. The Morgan fingerprint density at radius 3 is 2.75 bits per heavy atom. The van der Waals surface area contributed by atoms with Gasteiger partial charge in [-0.25, -0.2) is 4.79 Å². The lowest BCUT2D eigenvalue weighted by Gasteiger charge is -2.18. The van der Waals surface area contributed by atoms with E-state index >= 15 is 0 Å². The van der Waals surface area contributed by atoms with Gasteiger partial charge in [0.25, 0.3) is 0 Å². The van der Waals surface area contributed by atoms with Gasteiger partial charge in [0.2, 0.25) is 0 Å². The number of carbonyl (C=O) groups excluding carboxylic acids is 1. The van der Waals surface area contributed by atoms with E-state index in [1.165, 1.54) is 4.90 Å². The van der Waals surface area contributed by atoms with Crippen LogP contribution < -0.4 is 10.1 Å². The van der Waals surface area contributed by atoms with Crippen molar-refractivity contribution in [2.75, 3.05) is 26.7 Å². The van der Waals surface area contributed by atoms with Gasteiger partial charge in [0, 0.05) is 13.6 Å². The highest BCUT2D eigenvalue weighted by atomic mass is 35.5. The fourth-order valence-electron chi connectivity index (χ4n) is 1.37. The van der Waals surface area contributed by atoms with Crippen molar-refractivity contribution >= 4 is 23.6 Å². The van der Waals surface area contributed by atoms with Crippen LogP contribution in [-0.2, 0) is 4.79 Å². The van der Waals surface area contributed by atoms with Crippen LogP contribution in [0.2, 0.25) is 5.02 Å². The molecule has 0 bridgehead atoms. The summed E-state index contributed by atoms with van der Waals surface area (Å²) in [6.45, 7) is 0.764. The largest absolute Gasteiger partial charge is 0.490 e. The summed E-state index contributed by atoms with van der Waals surface area (Å²) in [7, 11) is 1.60. The highest BCUT2D eigenvalue weighted by Gasteiger charge is 2.09. The minimum Gasteiger partial charge on any atom is -0.490 e. The lowest BCUT2D eigenvalue weighted by Crippen LogP contribution is -2.40. The van der Waals surface area contributed by atoms with E-state index in [1.807, 2.05) is 6.07 Å². The van der Waals surface area contributed by atoms with E-state index in [9.17, 15) is 9.59 Å². The van der Waals surface area contributed by atoms with E-state index in [1.54, 1.807) is 25.2 Å². The van der Waals surface area contributed by atoms with E-state index in [0.717, 1.165) is 0 Å². The minimum atomic E-state index is -0.949. The third-order valence-corrected chi connectivity index (χ3v) is 2.79. The van der Waals surface area contributed by atoms with Crippen molar-refractivity contribution in [2.45, 2.75) is 6.42 Å². The van der Waals surface area contributed by atoms with Gasteiger partial charge in [0.1, 0.15) is 12.4 Å². The van der Waals surface area contributed by atoms with Crippen molar-refractivity contribution in [3.63, 3.8) is 0 Å². The number of carboxylic acid groups (broad SMARTS) is 1. The number of para-hydroxylation sites is 1. The van der Waals surface area contributed by atoms with Crippen molar-refractivity contribution in [3.8, 4) is 5.75 Å². The molecule has 0 heterocycles. The zero-order valence-corrected chi connectivity index (χ0v) is 11.9. The van der Waals surface area contributed by atoms with E-state index in [-0.39, 0.29) is 19.0 Å². The molecule has 1 aromatic carbocycles. The van der Waals surface area contributed by atoms with Crippen LogP contribution >= 0.6 is 11.6 Å². The zero-order chi connectivity index (χ0) is 15.0. The number of ether oxygens (including phenoxy) is 1. The molecule has 0 radical (unpaired) electrons. The second kappa shape index (κ2) is 8.27. The molecule has 0 aliphatic rings. The molecule has 0 saturated carbocycles. The SMILES string of the molecule is CN(CCOc1ccccc1Cl)C(=O)NCCC(=O)O. The third kappa shape index (κ3) is 5.79. The third-order valence-electron chi connectivity index (χ3n) is 2.48. The lowest BCUT2D eigenvalue weighted by molar-refractivity contribution is -0.136. The molecular weight excluding hydrogens is 284 g/mol. The van der Waals surface area contributed by atoms with Gasteiger partial charge in [0.05, 0.1) is 18.0 Å². The minimum absolute atomic E-state index is 0.101. The van der Waals surface area contributed by atoms with Crippen molar-refractivity contribution in [2.24, 2.45) is 0 Å². The molecule has 0 spiro atoms. The quantitative estimate of drug-likeness (QED) is 0.805. The molecule has 0 saturated heterocycles. The van der Waals surface area contributed by atoms with Gasteiger partial charge in [-0.3, -0.25) is 4.79 Å². The van der Waals surface area contributed by atoms with Crippen LogP contribution in [0.15, 0.2) is 24.3 Å². The van der Waals surface area contributed by atoms with Crippen LogP contribution in [0.5, 0.6) is 5.75 Å². The number of halogens is 1. The molecule has 0 unspecified atom stereocenters. The standard InChI is InChI=1S/C13H17ClN2O4/c1-16(13(19)15-7-6-12(17)18)8-9-20-11-5-3-2-4-10(11)14/h2-5H,6-9H2,1H3,(H,15,19)(H,17,18). The van der Waals surface area contributed by atoms with E-state index < -0.39 is 5.97 Å². The molecule has 1 aromatic rings. The summed E-state index contributed by atoms with van der Waals surface area (Å²) in [6.07, 6.45) is -0.101. The first kappa shape index (κ1) is 16.1. The fraction of sp³-hybridized carbons (Fsp3) is 0.385. The van der Waals surface area contributed by atoms with Gasteiger partial charge in [-0.05, 0) is 12.1 Å². The van der Waals surface area contributed by atoms with Gasteiger partial charge in [0.15, 0.2) is 0 Å². The maximum atomic E-state index is 11.6. The van der Waals surface area contributed by atoms with Gasteiger partial charge in [-0.1, -0.05) is 23.7 Å². The zero-order valence-electron chi connectivity index (χ0n) is 11.1. The number of likely N-dealkylation sites (N-methyl/N-ethyl adjacent to an activating group) is 1. The topological polar surface area (TPSA) is 78.9 Å². The number of amides is 2. The number of carboxylic acids is 1. The molecule has 6 nitrogen and oxygen atoms in total. The van der Waals surface area contributed by atoms with Gasteiger partial charge >= 0.3 is 12.0 Å². The number of nitrogens with zero attached hydrogens (tertiary/aromatic N) is 1. The van der Waals surface area contributed by atoms with Crippen LogP contribution in [0.3, 0.4) is 0 Å². The summed E-state index contributed by atoms with van der Waals surface area (Å²) in [6, 6.07) is 6.74. The molecule has 2 amide bonds. The Labute approximate surface area is 122 Å². The molecule has 20 heavy (non-hydrogen) atoms. The van der Waals surface area contributed by atoms with Crippen LogP contribution in [0.25, 0.3) is 0 Å². The van der Waals surface area contributed by atoms with Crippen molar-refractivity contribution in [1.82, 2.24) is 10.2 Å². The predicted molar refractivity (Wildman–Crippen MR) is 75.2 cm³/mol. The summed E-state index contributed by atoms with van der Waals surface area (Å²) in [5.41, 5.74) is 0. The maximum absolute atomic E-state index is 11.6. The summed E-state index contributed by atoms with van der Waals surface area (Å²) in [5.74, 6) is -0.385. The second-order valence-electron chi connectivity index (χ2n) is 4.08. The average Bonchev–Trinajstić information content (AvgIpc) is 2.40. The summed E-state index contributed by atoms with van der Waals surface area (Å²) < 4.78 is 5.45. The number of nitrogens with one attached hydrogen (secondary N) is 1. The molecule has 0 atom stereocenters. The van der Waals surface area contributed by atoms with Crippen LogP contribution in [-0.4, -0.2) is 48.8 Å². The van der Waals surface area contributed by atoms with E-state index in [2.05, 4.69) is 5.32 Å². The Balaban J connectivity index is 2.25. The van der Waals surface area contributed by atoms with Crippen LogP contribution in [0.4, 0.5) is 4.79 Å². The molecule has 1 rings (SSSR count). The first-order valence-corrected chi connectivity index (χ1v) is 6.46. The van der Waals surface area contributed by atoms with Crippen LogP contribution in [0, 0.1) is 0 Å². The van der Waals surface area contributed by atoms with Crippen molar-refractivity contribution < 1.29 is 19.4 Å². The molecular formula is C13H17ClN2O4. The number of aliphatic carboxylic acids is 1. The molecule has 0 aromatic heterocycles. The predicted octanol–water partition coefficient (Wildman–Crippen LogP) is 1.83. The highest BCUT2D eigenvalue weighted by Crippen LogP contribution is 2.22. The van der Waals surface area contributed by atoms with Crippen molar-refractivity contribution in [1.29, 1.82) is 0 Å². The Kier molecular flexibility index (Phi) is 6.66. The molecule has 110 valence electrons. The Bertz CT molecular complexity index is 467. The Morgan fingerprint density at radius 1 is 1.40 bits per heavy atom. The summed E-state index contributed by atoms with van der Waals surface area (Å²) in [5, 5.41) is 11.5. The Morgan fingerprint density at radius 2 is 2.10 bits per heavy atom. The summed E-state index contributed by atoms with van der Waals surface area (Å²) >= 11 is 5.93. The first-order valence-electron chi connectivity index (χ1n) is 6.09. The highest BCUT2D eigenvalue weighted by molar-refractivity contribution is 6.32. The number of hydrogen-bond donors (Lipinski definition) is 2. The molecule has 0 aliphatic carbocycles. The summed E-state index contributed by atoms with van der Waals surface area (Å²) in [4.78, 5) is 23.3. The van der Waals surface area contributed by atoms with Crippen molar-refractivity contribution in [3.05, 3.63) is 29.3 Å². The number of carbonyl (C=O) groups is 2. The van der Waals surface area contributed by atoms with E-state index in [4.69, 9.17) is 21.4 Å². The van der Waals surface area contributed by atoms with Crippen LogP contribution in [0.1, 0.15) is 6.42 Å². The fourth-order valence-corrected chi connectivity index (χ4v) is 1.56.